The van der Waals surface area contributed by atoms with Crippen LogP contribution < -0.4 is 5.73 Å². The molecule has 2 rings (SSSR count). The van der Waals surface area contributed by atoms with Crippen molar-refractivity contribution in [2.45, 2.75) is 51.6 Å². The lowest BCUT2D eigenvalue weighted by atomic mass is 9.64. The molecular formula is C17H26BrNO. The smallest absolute Gasteiger partial charge is 0.0654 e. The first-order valence-corrected chi connectivity index (χ1v) is 8.38. The first kappa shape index (κ1) is 16.0. The maximum atomic E-state index is 10.9. The molecule has 1 aromatic carbocycles. The van der Waals surface area contributed by atoms with Crippen molar-refractivity contribution in [2.24, 2.45) is 17.1 Å². The Morgan fingerprint density at radius 2 is 2.15 bits per heavy atom. The van der Waals surface area contributed by atoms with Crippen molar-refractivity contribution >= 4 is 15.9 Å². The molecule has 1 aromatic rings. The lowest BCUT2D eigenvalue weighted by Gasteiger charge is -2.43. The Hall–Kier alpha value is -0.380. The summed E-state index contributed by atoms with van der Waals surface area (Å²) in [5, 5.41) is 10.9. The first-order valence-electron chi connectivity index (χ1n) is 7.59. The maximum absolute atomic E-state index is 10.9. The van der Waals surface area contributed by atoms with E-state index in [-0.39, 0.29) is 17.4 Å². The molecule has 0 aliphatic heterocycles. The van der Waals surface area contributed by atoms with Gasteiger partial charge in [0.25, 0.3) is 0 Å². The van der Waals surface area contributed by atoms with Crippen LogP contribution in [-0.2, 0) is 0 Å². The van der Waals surface area contributed by atoms with Gasteiger partial charge in [0, 0.05) is 16.9 Å². The van der Waals surface area contributed by atoms with Crippen molar-refractivity contribution in [3.63, 3.8) is 0 Å². The second-order valence-electron chi connectivity index (χ2n) is 6.73. The summed E-state index contributed by atoms with van der Waals surface area (Å²) in [6, 6.07) is 8.17. The van der Waals surface area contributed by atoms with E-state index in [1.807, 2.05) is 12.1 Å². The van der Waals surface area contributed by atoms with Gasteiger partial charge in [0.1, 0.15) is 0 Å². The molecule has 3 N–H and O–H groups in total. The van der Waals surface area contributed by atoms with Gasteiger partial charge in [0.05, 0.1) is 6.10 Å². The van der Waals surface area contributed by atoms with E-state index in [1.54, 1.807) is 0 Å². The Balaban J connectivity index is 2.22. The lowest BCUT2D eigenvalue weighted by molar-refractivity contribution is -0.00895. The summed E-state index contributed by atoms with van der Waals surface area (Å²) < 4.78 is 1.04. The highest BCUT2D eigenvalue weighted by Gasteiger charge is 2.39. The van der Waals surface area contributed by atoms with Crippen LogP contribution in [0.25, 0.3) is 0 Å². The van der Waals surface area contributed by atoms with E-state index in [4.69, 9.17) is 5.73 Å². The predicted molar refractivity (Wildman–Crippen MR) is 87.7 cm³/mol. The van der Waals surface area contributed by atoms with Gasteiger partial charge in [-0.05, 0) is 41.9 Å². The van der Waals surface area contributed by atoms with E-state index in [2.05, 4.69) is 41.9 Å². The summed E-state index contributed by atoms with van der Waals surface area (Å²) in [4.78, 5) is 0. The van der Waals surface area contributed by atoms with E-state index in [0.29, 0.717) is 12.5 Å². The van der Waals surface area contributed by atoms with Crippen molar-refractivity contribution in [2.75, 3.05) is 6.54 Å². The number of halogens is 1. The van der Waals surface area contributed by atoms with E-state index in [0.717, 1.165) is 16.5 Å². The van der Waals surface area contributed by atoms with Crippen LogP contribution in [0.5, 0.6) is 0 Å². The number of aliphatic hydroxyl groups is 1. The zero-order valence-electron chi connectivity index (χ0n) is 12.5. The molecule has 0 aromatic heterocycles. The van der Waals surface area contributed by atoms with Crippen LogP contribution in [0.4, 0.5) is 0 Å². The number of rotatable bonds is 4. The first-order chi connectivity index (χ1) is 9.45. The average Bonchev–Trinajstić information content (AvgIpc) is 2.39. The van der Waals surface area contributed by atoms with Crippen LogP contribution >= 0.6 is 15.9 Å². The molecule has 3 atom stereocenters. The summed E-state index contributed by atoms with van der Waals surface area (Å²) in [5.74, 6) is 0.360. The molecule has 1 aliphatic carbocycles. The zero-order valence-corrected chi connectivity index (χ0v) is 14.1. The van der Waals surface area contributed by atoms with Gasteiger partial charge in [-0.3, -0.25) is 0 Å². The molecule has 0 amide bonds. The third-order valence-electron chi connectivity index (χ3n) is 4.95. The standard InChI is InChI=1S/C17H26BrNO/c1-17(2)9-4-3-8-15(17)16(20)14(11-19)12-6-5-7-13(18)10-12/h5-7,10,14-16,20H,3-4,8-9,11,19H2,1-2H3. The summed E-state index contributed by atoms with van der Waals surface area (Å²) in [7, 11) is 0. The topological polar surface area (TPSA) is 46.2 Å². The monoisotopic (exact) mass is 339 g/mol. The fourth-order valence-corrected chi connectivity index (χ4v) is 4.06. The number of hydrogen-bond acceptors (Lipinski definition) is 2. The minimum Gasteiger partial charge on any atom is -0.392 e. The Kier molecular flexibility index (Phi) is 5.27. The molecule has 1 fully saturated rings. The number of benzene rings is 1. The molecule has 2 nitrogen and oxygen atoms in total. The van der Waals surface area contributed by atoms with Crippen LogP contribution in [0, 0.1) is 11.3 Å². The molecule has 0 bridgehead atoms. The molecule has 0 saturated heterocycles. The maximum Gasteiger partial charge on any atom is 0.0654 e. The van der Waals surface area contributed by atoms with E-state index in [9.17, 15) is 5.11 Å². The van der Waals surface area contributed by atoms with Crippen molar-refractivity contribution in [1.82, 2.24) is 0 Å². The Morgan fingerprint density at radius 3 is 2.75 bits per heavy atom. The Bertz CT molecular complexity index is 446. The summed E-state index contributed by atoms with van der Waals surface area (Å²) in [6.45, 7) is 5.06. The van der Waals surface area contributed by atoms with Gasteiger partial charge >= 0.3 is 0 Å². The predicted octanol–water partition coefficient (Wildman–Crippen LogP) is 4.07. The Morgan fingerprint density at radius 1 is 1.40 bits per heavy atom. The van der Waals surface area contributed by atoms with Crippen molar-refractivity contribution in [1.29, 1.82) is 0 Å². The molecule has 112 valence electrons. The second kappa shape index (κ2) is 6.59. The number of hydrogen-bond donors (Lipinski definition) is 2. The minimum atomic E-state index is -0.357. The third kappa shape index (κ3) is 3.44. The summed E-state index contributed by atoms with van der Waals surface area (Å²) >= 11 is 3.50. The second-order valence-corrected chi connectivity index (χ2v) is 7.64. The van der Waals surface area contributed by atoms with Crippen molar-refractivity contribution in [3.8, 4) is 0 Å². The summed E-state index contributed by atoms with van der Waals surface area (Å²) in [6.07, 6.45) is 4.45. The number of aliphatic hydroxyl groups excluding tert-OH is 1. The van der Waals surface area contributed by atoms with Crippen LogP contribution in [0.2, 0.25) is 0 Å². The van der Waals surface area contributed by atoms with Gasteiger partial charge in [-0.1, -0.05) is 54.8 Å². The molecule has 0 heterocycles. The van der Waals surface area contributed by atoms with Crippen molar-refractivity contribution in [3.05, 3.63) is 34.3 Å². The van der Waals surface area contributed by atoms with Gasteiger partial charge in [-0.15, -0.1) is 0 Å². The molecule has 1 saturated carbocycles. The average molecular weight is 340 g/mol. The highest BCUT2D eigenvalue weighted by Crippen LogP contribution is 2.45. The van der Waals surface area contributed by atoms with Crippen LogP contribution in [0.1, 0.15) is 51.0 Å². The lowest BCUT2D eigenvalue weighted by Crippen LogP contribution is -2.41. The molecule has 0 spiro atoms. The summed E-state index contributed by atoms with van der Waals surface area (Å²) in [5.41, 5.74) is 7.32. The zero-order chi connectivity index (χ0) is 14.8. The fraction of sp³-hybridized carbons (Fsp3) is 0.647. The molecule has 20 heavy (non-hydrogen) atoms. The molecule has 1 aliphatic rings. The molecular weight excluding hydrogens is 314 g/mol. The fourth-order valence-electron chi connectivity index (χ4n) is 3.64. The molecule has 3 unspecified atom stereocenters. The van der Waals surface area contributed by atoms with Gasteiger partial charge in [0.15, 0.2) is 0 Å². The van der Waals surface area contributed by atoms with Gasteiger partial charge < -0.3 is 10.8 Å². The van der Waals surface area contributed by atoms with Gasteiger partial charge in [0.2, 0.25) is 0 Å². The van der Waals surface area contributed by atoms with Crippen LogP contribution in [0.15, 0.2) is 28.7 Å². The minimum absolute atomic E-state index is 0.0230. The van der Waals surface area contributed by atoms with E-state index >= 15 is 0 Å². The van der Waals surface area contributed by atoms with Gasteiger partial charge in [-0.2, -0.15) is 0 Å². The van der Waals surface area contributed by atoms with Gasteiger partial charge in [-0.25, -0.2) is 0 Å². The molecule has 3 heteroatoms. The van der Waals surface area contributed by atoms with Crippen LogP contribution in [-0.4, -0.2) is 17.8 Å². The molecule has 0 radical (unpaired) electrons. The number of nitrogens with two attached hydrogens (primary N) is 1. The normalized spacial score (nSPS) is 25.1. The van der Waals surface area contributed by atoms with Crippen molar-refractivity contribution < 1.29 is 5.11 Å². The largest absolute Gasteiger partial charge is 0.392 e. The van der Waals surface area contributed by atoms with Crippen LogP contribution in [0.3, 0.4) is 0 Å². The quantitative estimate of drug-likeness (QED) is 0.868. The third-order valence-corrected chi connectivity index (χ3v) is 5.44. The SMILES string of the molecule is CC1(C)CCCCC1C(O)C(CN)c1cccc(Br)c1. The highest BCUT2D eigenvalue weighted by atomic mass is 79.9. The van der Waals surface area contributed by atoms with E-state index < -0.39 is 0 Å². The van der Waals surface area contributed by atoms with E-state index in [1.165, 1.54) is 19.3 Å². The Labute approximate surface area is 130 Å². The highest BCUT2D eigenvalue weighted by molar-refractivity contribution is 9.10.